The van der Waals surface area contributed by atoms with E-state index in [2.05, 4.69) is 22.2 Å². The van der Waals surface area contributed by atoms with Crippen LogP contribution in [0, 0.1) is 12.8 Å². The van der Waals surface area contributed by atoms with Crippen molar-refractivity contribution in [1.82, 2.24) is 9.97 Å². The fraction of sp³-hybridized carbons (Fsp3) is 0.381. The van der Waals surface area contributed by atoms with E-state index in [0.29, 0.717) is 0 Å². The molecule has 6 heteroatoms. The van der Waals surface area contributed by atoms with E-state index in [1.165, 1.54) is 34.0 Å². The molecule has 1 N–H and O–H groups in total. The van der Waals surface area contributed by atoms with Crippen LogP contribution in [-0.4, -0.2) is 21.1 Å². The molecular weight excluding hydrogens is 374 g/mol. The number of amides is 1. The third kappa shape index (κ3) is 3.73. The van der Waals surface area contributed by atoms with Crippen molar-refractivity contribution in [1.29, 1.82) is 0 Å². The Morgan fingerprint density at radius 3 is 2.96 bits per heavy atom. The van der Waals surface area contributed by atoms with E-state index >= 15 is 0 Å². The van der Waals surface area contributed by atoms with Gasteiger partial charge in [0.2, 0.25) is 5.91 Å². The van der Waals surface area contributed by atoms with Crippen molar-refractivity contribution in [3.63, 3.8) is 0 Å². The van der Waals surface area contributed by atoms with Crippen molar-refractivity contribution in [3.05, 3.63) is 46.6 Å². The summed E-state index contributed by atoms with van der Waals surface area (Å²) in [4.78, 5) is 24.2. The maximum Gasteiger partial charge on any atom is 0.237 e. The predicted octanol–water partition coefficient (Wildman–Crippen LogP) is 5.24. The van der Waals surface area contributed by atoms with Crippen LogP contribution in [0.25, 0.3) is 10.2 Å². The molecule has 2 atom stereocenters. The molecule has 4 rings (SSSR count). The molecule has 0 fully saturated rings. The molecule has 1 aliphatic carbocycles. The number of carbonyl (C=O) groups excluding carboxylic acids is 1. The molecule has 1 aliphatic rings. The number of thioether (sulfide) groups is 1. The number of hydrogen-bond acceptors (Lipinski definition) is 5. The third-order valence-electron chi connectivity index (χ3n) is 5.12. The number of rotatable bonds is 4. The fourth-order valence-electron chi connectivity index (χ4n) is 3.50. The second-order valence-electron chi connectivity index (χ2n) is 7.27. The summed E-state index contributed by atoms with van der Waals surface area (Å²) in [5.41, 5.74) is 3.33. The van der Waals surface area contributed by atoms with Crippen LogP contribution in [-0.2, 0) is 17.6 Å². The number of aryl methyl sites for hydroxylation is 2. The summed E-state index contributed by atoms with van der Waals surface area (Å²) >= 11 is 3.32. The summed E-state index contributed by atoms with van der Waals surface area (Å²) in [7, 11) is 0. The van der Waals surface area contributed by atoms with Crippen molar-refractivity contribution in [3.8, 4) is 0 Å². The molecule has 1 aromatic carbocycles. The summed E-state index contributed by atoms with van der Waals surface area (Å²) < 4.78 is 0. The van der Waals surface area contributed by atoms with Gasteiger partial charge in [-0.2, -0.15) is 0 Å². The van der Waals surface area contributed by atoms with Crippen molar-refractivity contribution in [2.24, 2.45) is 5.92 Å². The topological polar surface area (TPSA) is 54.9 Å². The fourth-order valence-corrected chi connectivity index (χ4v) is 5.87. The first-order valence-electron chi connectivity index (χ1n) is 9.31. The van der Waals surface area contributed by atoms with E-state index < -0.39 is 0 Å². The van der Waals surface area contributed by atoms with E-state index in [1.54, 1.807) is 17.7 Å². The minimum atomic E-state index is -0.235. The molecule has 3 aromatic rings. The standard InChI is InChI=1S/C21H23N3OS2/c1-12-8-9-15-17(10-12)27-21-18(15)20(22-11-23-21)26-14(3)19(25)24-16-7-5-4-6-13(16)2/h4-7,11-12,14H,8-10H2,1-3H3,(H,24,25). The minimum Gasteiger partial charge on any atom is -0.325 e. The number of aromatic nitrogens is 2. The summed E-state index contributed by atoms with van der Waals surface area (Å²) in [6.07, 6.45) is 5.05. The summed E-state index contributed by atoms with van der Waals surface area (Å²) in [6.45, 7) is 6.25. The van der Waals surface area contributed by atoms with Crippen LogP contribution in [0.1, 0.15) is 36.3 Å². The Labute approximate surface area is 167 Å². The highest BCUT2D eigenvalue weighted by molar-refractivity contribution is 8.00. The minimum absolute atomic E-state index is 0.00113. The molecule has 2 heterocycles. The zero-order valence-corrected chi connectivity index (χ0v) is 17.4. The molecule has 4 nitrogen and oxygen atoms in total. The van der Waals surface area contributed by atoms with Gasteiger partial charge in [-0.25, -0.2) is 9.97 Å². The SMILES string of the molecule is Cc1ccccc1NC(=O)C(C)Sc1ncnc2sc3c(c12)CCC(C)C3. The van der Waals surface area contributed by atoms with Gasteiger partial charge in [0.05, 0.1) is 5.25 Å². The second-order valence-corrected chi connectivity index (χ2v) is 9.69. The Bertz CT molecular complexity index is 998. The zero-order valence-electron chi connectivity index (χ0n) is 15.8. The van der Waals surface area contributed by atoms with Crippen LogP contribution in [0.2, 0.25) is 0 Å². The van der Waals surface area contributed by atoms with Gasteiger partial charge in [0.1, 0.15) is 16.2 Å². The predicted molar refractivity (Wildman–Crippen MR) is 114 cm³/mol. The van der Waals surface area contributed by atoms with Crippen LogP contribution in [0.3, 0.4) is 0 Å². The van der Waals surface area contributed by atoms with E-state index in [4.69, 9.17) is 0 Å². The second kappa shape index (κ2) is 7.60. The van der Waals surface area contributed by atoms with Crippen LogP contribution < -0.4 is 5.32 Å². The number of nitrogens with one attached hydrogen (secondary N) is 1. The molecule has 0 saturated heterocycles. The molecule has 27 heavy (non-hydrogen) atoms. The van der Waals surface area contributed by atoms with Gasteiger partial charge in [-0.3, -0.25) is 4.79 Å². The maximum atomic E-state index is 12.7. The van der Waals surface area contributed by atoms with Gasteiger partial charge in [-0.15, -0.1) is 11.3 Å². The number of hydrogen-bond donors (Lipinski definition) is 1. The van der Waals surface area contributed by atoms with Gasteiger partial charge in [0.25, 0.3) is 0 Å². The van der Waals surface area contributed by atoms with Gasteiger partial charge in [0, 0.05) is 16.0 Å². The lowest BCUT2D eigenvalue weighted by molar-refractivity contribution is -0.115. The number of fused-ring (bicyclic) bond motifs is 3. The number of benzene rings is 1. The molecule has 2 unspecified atom stereocenters. The number of para-hydroxylation sites is 1. The lowest BCUT2D eigenvalue weighted by atomic mass is 9.89. The zero-order chi connectivity index (χ0) is 19.0. The molecule has 140 valence electrons. The van der Waals surface area contributed by atoms with E-state index in [9.17, 15) is 4.79 Å². The van der Waals surface area contributed by atoms with Gasteiger partial charge in [0.15, 0.2) is 0 Å². The molecule has 0 spiro atoms. The van der Waals surface area contributed by atoms with Crippen LogP contribution in [0.5, 0.6) is 0 Å². The van der Waals surface area contributed by atoms with Crippen LogP contribution in [0.4, 0.5) is 5.69 Å². The number of carbonyl (C=O) groups is 1. The molecule has 1 amide bonds. The average Bonchev–Trinajstić information content (AvgIpc) is 3.01. The highest BCUT2D eigenvalue weighted by atomic mass is 32.2. The summed E-state index contributed by atoms with van der Waals surface area (Å²) in [5.74, 6) is 0.729. The molecule has 0 radical (unpaired) electrons. The van der Waals surface area contributed by atoms with Crippen molar-refractivity contribution in [2.45, 2.75) is 50.3 Å². The average molecular weight is 398 g/mol. The summed E-state index contributed by atoms with van der Waals surface area (Å²) in [5, 5.41) is 4.91. The molecule has 0 bridgehead atoms. The van der Waals surface area contributed by atoms with Gasteiger partial charge >= 0.3 is 0 Å². The lowest BCUT2D eigenvalue weighted by Gasteiger charge is -2.18. The molecule has 2 aromatic heterocycles. The Hall–Kier alpha value is -1.92. The first kappa shape index (κ1) is 18.4. The summed E-state index contributed by atoms with van der Waals surface area (Å²) in [6, 6.07) is 7.85. The quantitative estimate of drug-likeness (QED) is 0.483. The Balaban J connectivity index is 1.58. The molecular formula is C21H23N3OS2. The molecule has 0 aliphatic heterocycles. The highest BCUT2D eigenvalue weighted by Crippen LogP contribution is 2.41. The van der Waals surface area contributed by atoms with Crippen molar-refractivity contribution < 1.29 is 4.79 Å². The Morgan fingerprint density at radius 2 is 2.15 bits per heavy atom. The number of nitrogens with zero attached hydrogens (tertiary/aromatic N) is 2. The molecule has 0 saturated carbocycles. The van der Waals surface area contributed by atoms with E-state index in [-0.39, 0.29) is 11.2 Å². The third-order valence-corrected chi connectivity index (χ3v) is 7.38. The monoisotopic (exact) mass is 397 g/mol. The van der Waals surface area contributed by atoms with Gasteiger partial charge < -0.3 is 5.32 Å². The Kier molecular flexibility index (Phi) is 5.19. The van der Waals surface area contributed by atoms with Crippen LogP contribution >= 0.6 is 23.1 Å². The van der Waals surface area contributed by atoms with Gasteiger partial charge in [-0.1, -0.05) is 36.9 Å². The highest BCUT2D eigenvalue weighted by Gasteiger charge is 2.25. The Morgan fingerprint density at radius 1 is 1.33 bits per heavy atom. The smallest absolute Gasteiger partial charge is 0.237 e. The largest absolute Gasteiger partial charge is 0.325 e. The maximum absolute atomic E-state index is 12.7. The van der Waals surface area contributed by atoms with Gasteiger partial charge in [-0.05, 0) is 56.2 Å². The van der Waals surface area contributed by atoms with Crippen molar-refractivity contribution >= 4 is 44.9 Å². The first-order chi connectivity index (χ1) is 13.0. The van der Waals surface area contributed by atoms with Crippen LogP contribution in [0.15, 0.2) is 35.6 Å². The van der Waals surface area contributed by atoms with E-state index in [1.807, 2.05) is 38.1 Å². The normalized spacial score (nSPS) is 17.5. The van der Waals surface area contributed by atoms with E-state index in [0.717, 1.165) is 39.9 Å². The number of anilines is 1. The van der Waals surface area contributed by atoms with Crippen molar-refractivity contribution in [2.75, 3.05) is 5.32 Å². The first-order valence-corrected chi connectivity index (χ1v) is 11.0. The lowest BCUT2D eigenvalue weighted by Crippen LogP contribution is -2.23. The number of thiophene rings is 1.